The highest BCUT2D eigenvalue weighted by Gasteiger charge is 2.18. The predicted molar refractivity (Wildman–Crippen MR) is 61.0 cm³/mol. The zero-order valence-corrected chi connectivity index (χ0v) is 9.44. The van der Waals surface area contributed by atoms with Crippen LogP contribution in [0.25, 0.3) is 0 Å². The first-order valence-electron chi connectivity index (χ1n) is 5.51. The standard InChI is InChI=1S/C11H16N4O/c1-8(16)10-9(11(12)14-7-13-10)6-15-4-2-3-5-15/h7H,2-6H2,1H3,(H2,12,13,14). The molecule has 5 heteroatoms. The molecule has 86 valence electrons. The van der Waals surface area contributed by atoms with Crippen LogP contribution in [0.15, 0.2) is 6.33 Å². The van der Waals surface area contributed by atoms with Crippen LogP contribution in [0.5, 0.6) is 0 Å². The maximum Gasteiger partial charge on any atom is 0.178 e. The van der Waals surface area contributed by atoms with Crippen molar-refractivity contribution in [3.8, 4) is 0 Å². The zero-order chi connectivity index (χ0) is 11.5. The second kappa shape index (κ2) is 4.57. The molecule has 1 aromatic heterocycles. The molecule has 2 heterocycles. The SMILES string of the molecule is CC(=O)c1ncnc(N)c1CN1CCCC1. The number of carbonyl (C=O) groups excluding carboxylic acids is 1. The van der Waals surface area contributed by atoms with Gasteiger partial charge in [-0.25, -0.2) is 9.97 Å². The topological polar surface area (TPSA) is 72.1 Å². The van der Waals surface area contributed by atoms with Crippen molar-refractivity contribution < 1.29 is 4.79 Å². The quantitative estimate of drug-likeness (QED) is 0.765. The molecule has 16 heavy (non-hydrogen) atoms. The number of nitrogen functional groups attached to an aromatic ring is 1. The van der Waals surface area contributed by atoms with Crippen molar-refractivity contribution in [3.05, 3.63) is 17.6 Å². The average molecular weight is 220 g/mol. The van der Waals surface area contributed by atoms with Crippen molar-refractivity contribution in [1.29, 1.82) is 0 Å². The molecule has 2 rings (SSSR count). The third kappa shape index (κ3) is 2.19. The van der Waals surface area contributed by atoms with E-state index < -0.39 is 0 Å². The van der Waals surface area contributed by atoms with Crippen LogP contribution in [0.3, 0.4) is 0 Å². The molecule has 0 saturated carbocycles. The van der Waals surface area contributed by atoms with Crippen molar-refractivity contribution in [3.63, 3.8) is 0 Å². The van der Waals surface area contributed by atoms with Gasteiger partial charge < -0.3 is 5.73 Å². The number of nitrogens with zero attached hydrogens (tertiary/aromatic N) is 3. The van der Waals surface area contributed by atoms with Gasteiger partial charge in [-0.05, 0) is 25.9 Å². The highest BCUT2D eigenvalue weighted by Crippen LogP contribution is 2.18. The molecule has 0 amide bonds. The zero-order valence-electron chi connectivity index (χ0n) is 9.44. The van der Waals surface area contributed by atoms with Gasteiger partial charge in [0.1, 0.15) is 17.8 Å². The van der Waals surface area contributed by atoms with Crippen LogP contribution in [0.4, 0.5) is 5.82 Å². The van der Waals surface area contributed by atoms with Crippen LogP contribution in [0.2, 0.25) is 0 Å². The average Bonchev–Trinajstić information content (AvgIpc) is 2.73. The van der Waals surface area contributed by atoms with E-state index in [0.717, 1.165) is 18.7 Å². The van der Waals surface area contributed by atoms with Gasteiger partial charge in [0.2, 0.25) is 0 Å². The summed E-state index contributed by atoms with van der Waals surface area (Å²) < 4.78 is 0. The number of anilines is 1. The van der Waals surface area contributed by atoms with E-state index >= 15 is 0 Å². The van der Waals surface area contributed by atoms with Crippen LogP contribution >= 0.6 is 0 Å². The highest BCUT2D eigenvalue weighted by atomic mass is 16.1. The molecule has 1 aliphatic rings. The van der Waals surface area contributed by atoms with E-state index in [1.54, 1.807) is 0 Å². The van der Waals surface area contributed by atoms with E-state index in [0.29, 0.717) is 18.1 Å². The second-order valence-electron chi connectivity index (χ2n) is 4.13. The molecular weight excluding hydrogens is 204 g/mol. The maximum absolute atomic E-state index is 11.4. The van der Waals surface area contributed by atoms with Crippen LogP contribution in [-0.2, 0) is 6.54 Å². The lowest BCUT2D eigenvalue weighted by Gasteiger charge is -2.16. The predicted octanol–water partition coefficient (Wildman–Crippen LogP) is 0.857. The summed E-state index contributed by atoms with van der Waals surface area (Å²) in [6.45, 7) is 4.31. The number of nitrogens with two attached hydrogens (primary N) is 1. The molecule has 0 atom stereocenters. The van der Waals surface area contributed by atoms with E-state index in [-0.39, 0.29) is 5.78 Å². The van der Waals surface area contributed by atoms with E-state index in [4.69, 9.17) is 5.73 Å². The normalized spacial score (nSPS) is 16.6. The number of hydrogen-bond donors (Lipinski definition) is 1. The molecule has 0 unspecified atom stereocenters. The van der Waals surface area contributed by atoms with E-state index in [1.807, 2.05) is 0 Å². The largest absolute Gasteiger partial charge is 0.383 e. The number of carbonyl (C=O) groups is 1. The molecule has 2 N–H and O–H groups in total. The summed E-state index contributed by atoms with van der Waals surface area (Å²) in [5.41, 5.74) is 7.04. The molecule has 0 aliphatic carbocycles. The first-order chi connectivity index (χ1) is 7.68. The highest BCUT2D eigenvalue weighted by molar-refractivity contribution is 5.94. The van der Waals surface area contributed by atoms with Crippen LogP contribution in [-0.4, -0.2) is 33.7 Å². The molecule has 0 bridgehead atoms. The second-order valence-corrected chi connectivity index (χ2v) is 4.13. The molecular formula is C11H16N4O. The Morgan fingerprint density at radius 2 is 2.12 bits per heavy atom. The fourth-order valence-corrected chi connectivity index (χ4v) is 2.05. The summed E-state index contributed by atoms with van der Waals surface area (Å²) in [5, 5.41) is 0. The van der Waals surface area contributed by atoms with Crippen molar-refractivity contribution in [2.75, 3.05) is 18.8 Å². The van der Waals surface area contributed by atoms with Gasteiger partial charge in [-0.3, -0.25) is 9.69 Å². The lowest BCUT2D eigenvalue weighted by atomic mass is 10.1. The Hall–Kier alpha value is -1.49. The molecule has 0 aromatic carbocycles. The Balaban J connectivity index is 2.26. The minimum absolute atomic E-state index is 0.0525. The van der Waals surface area contributed by atoms with E-state index in [2.05, 4.69) is 14.9 Å². The lowest BCUT2D eigenvalue weighted by molar-refractivity contribution is 0.101. The van der Waals surface area contributed by atoms with E-state index in [1.165, 1.54) is 26.1 Å². The first-order valence-corrected chi connectivity index (χ1v) is 5.51. The monoisotopic (exact) mass is 220 g/mol. The summed E-state index contributed by atoms with van der Waals surface area (Å²) >= 11 is 0. The van der Waals surface area contributed by atoms with Gasteiger partial charge in [0, 0.05) is 19.0 Å². The number of Topliss-reactive ketones (excluding diaryl/α,β-unsaturated/α-hetero) is 1. The van der Waals surface area contributed by atoms with Crippen LogP contribution < -0.4 is 5.73 Å². The summed E-state index contributed by atoms with van der Waals surface area (Å²) in [5.74, 6) is 0.371. The Kier molecular flexibility index (Phi) is 3.14. The summed E-state index contributed by atoms with van der Waals surface area (Å²) in [6, 6.07) is 0. The Morgan fingerprint density at radius 3 is 2.75 bits per heavy atom. The van der Waals surface area contributed by atoms with Gasteiger partial charge in [-0.15, -0.1) is 0 Å². The summed E-state index contributed by atoms with van der Waals surface area (Å²) in [4.78, 5) is 21.7. The minimum Gasteiger partial charge on any atom is -0.383 e. The molecule has 1 fully saturated rings. The van der Waals surface area contributed by atoms with Crippen molar-refractivity contribution in [2.24, 2.45) is 0 Å². The first kappa shape index (κ1) is 11.0. The van der Waals surface area contributed by atoms with Gasteiger partial charge in [0.05, 0.1) is 0 Å². The number of hydrogen-bond acceptors (Lipinski definition) is 5. The molecule has 1 saturated heterocycles. The summed E-state index contributed by atoms with van der Waals surface area (Å²) in [7, 11) is 0. The van der Waals surface area contributed by atoms with Crippen molar-refractivity contribution in [1.82, 2.24) is 14.9 Å². The van der Waals surface area contributed by atoms with Gasteiger partial charge in [-0.1, -0.05) is 0 Å². The van der Waals surface area contributed by atoms with Gasteiger partial charge >= 0.3 is 0 Å². The fourth-order valence-electron chi connectivity index (χ4n) is 2.05. The molecule has 5 nitrogen and oxygen atoms in total. The fraction of sp³-hybridized carbons (Fsp3) is 0.545. The van der Waals surface area contributed by atoms with Crippen LogP contribution in [0.1, 0.15) is 35.8 Å². The van der Waals surface area contributed by atoms with Crippen LogP contribution in [0, 0.1) is 0 Å². The third-order valence-corrected chi connectivity index (χ3v) is 2.89. The molecule has 0 radical (unpaired) electrons. The van der Waals surface area contributed by atoms with Crippen molar-refractivity contribution in [2.45, 2.75) is 26.3 Å². The minimum atomic E-state index is -0.0525. The third-order valence-electron chi connectivity index (χ3n) is 2.89. The maximum atomic E-state index is 11.4. The Bertz CT molecular complexity index is 399. The number of aromatic nitrogens is 2. The number of ketones is 1. The van der Waals surface area contributed by atoms with E-state index in [9.17, 15) is 4.79 Å². The lowest BCUT2D eigenvalue weighted by Crippen LogP contribution is -2.22. The number of rotatable bonds is 3. The Labute approximate surface area is 94.7 Å². The molecule has 1 aliphatic heterocycles. The van der Waals surface area contributed by atoms with Gasteiger partial charge in [0.15, 0.2) is 5.78 Å². The molecule has 0 spiro atoms. The van der Waals surface area contributed by atoms with Crippen molar-refractivity contribution >= 4 is 11.6 Å². The smallest absolute Gasteiger partial charge is 0.178 e. The molecule has 1 aromatic rings. The number of likely N-dealkylation sites (tertiary alicyclic amines) is 1. The van der Waals surface area contributed by atoms with Gasteiger partial charge in [-0.2, -0.15) is 0 Å². The summed E-state index contributed by atoms with van der Waals surface area (Å²) in [6.07, 6.45) is 3.77. The Morgan fingerprint density at radius 1 is 1.44 bits per heavy atom. The van der Waals surface area contributed by atoms with Gasteiger partial charge in [0.25, 0.3) is 0 Å².